The van der Waals surface area contributed by atoms with Crippen LogP contribution in [-0.2, 0) is 17.9 Å². The molecular weight excluding hydrogens is 338 g/mol. The fourth-order valence-electron chi connectivity index (χ4n) is 3.25. The molecule has 2 aromatic carbocycles. The third-order valence-electron chi connectivity index (χ3n) is 4.66. The minimum Gasteiger partial charge on any atom is -0.488 e. The Morgan fingerprint density at radius 1 is 1.00 bits per heavy atom. The normalized spacial score (nSPS) is 11.0. The Morgan fingerprint density at radius 2 is 1.63 bits per heavy atom. The lowest BCUT2D eigenvalue weighted by molar-refractivity contribution is -0.137. The van der Waals surface area contributed by atoms with Gasteiger partial charge in [-0.1, -0.05) is 42.0 Å². The van der Waals surface area contributed by atoms with E-state index in [2.05, 4.69) is 69.1 Å². The second-order valence-corrected chi connectivity index (χ2v) is 7.42. The number of aryl methyl sites for hydroxylation is 3. The maximum atomic E-state index is 10.6. The van der Waals surface area contributed by atoms with Crippen molar-refractivity contribution < 1.29 is 14.6 Å². The lowest BCUT2D eigenvalue weighted by Gasteiger charge is -2.19. The number of ether oxygens (including phenoxy) is 1. The largest absolute Gasteiger partial charge is 0.488 e. The first kappa shape index (κ1) is 21.0. The zero-order chi connectivity index (χ0) is 19.8. The molecule has 0 bridgehead atoms. The monoisotopic (exact) mass is 369 g/mol. The number of unbranched alkanes of at least 4 members (excludes halogenated alkanes) is 1. The predicted molar refractivity (Wildman–Crippen MR) is 109 cm³/mol. The second-order valence-electron chi connectivity index (χ2n) is 7.42. The highest BCUT2D eigenvalue weighted by molar-refractivity contribution is 5.66. The van der Waals surface area contributed by atoms with Crippen molar-refractivity contribution in [2.75, 3.05) is 13.6 Å². The van der Waals surface area contributed by atoms with Crippen LogP contribution in [-0.4, -0.2) is 29.6 Å². The molecule has 0 heterocycles. The number of hydrogen-bond acceptors (Lipinski definition) is 3. The first-order valence-electron chi connectivity index (χ1n) is 9.54. The summed E-state index contributed by atoms with van der Waals surface area (Å²) in [5.74, 6) is 0.244. The van der Waals surface area contributed by atoms with Gasteiger partial charge in [-0.05, 0) is 69.5 Å². The third-order valence-corrected chi connectivity index (χ3v) is 4.66. The number of benzene rings is 2. The molecule has 0 amide bonds. The van der Waals surface area contributed by atoms with Crippen LogP contribution in [0.4, 0.5) is 0 Å². The average Bonchev–Trinajstić information content (AvgIpc) is 2.59. The molecule has 0 spiro atoms. The number of aliphatic carboxylic acids is 1. The van der Waals surface area contributed by atoms with E-state index in [1.54, 1.807) is 0 Å². The number of rotatable bonds is 10. The van der Waals surface area contributed by atoms with Crippen molar-refractivity contribution >= 4 is 5.97 Å². The summed E-state index contributed by atoms with van der Waals surface area (Å²) in [6.07, 6.45) is 1.88. The molecule has 0 fully saturated rings. The van der Waals surface area contributed by atoms with Crippen molar-refractivity contribution in [3.63, 3.8) is 0 Å². The minimum absolute atomic E-state index is 0.249. The summed E-state index contributed by atoms with van der Waals surface area (Å²) in [6.45, 7) is 8.59. The quantitative estimate of drug-likeness (QED) is 0.607. The van der Waals surface area contributed by atoms with Gasteiger partial charge < -0.3 is 14.7 Å². The van der Waals surface area contributed by atoms with Crippen LogP contribution in [0.3, 0.4) is 0 Å². The molecule has 0 saturated carbocycles. The molecule has 4 heteroatoms. The molecule has 27 heavy (non-hydrogen) atoms. The summed E-state index contributed by atoms with van der Waals surface area (Å²) in [5.41, 5.74) is 5.98. The Bertz CT molecular complexity index is 730. The average molecular weight is 370 g/mol. The van der Waals surface area contributed by atoms with Gasteiger partial charge in [-0.2, -0.15) is 0 Å². The number of hydrogen-bond donors (Lipinski definition) is 1. The molecule has 0 atom stereocenters. The van der Waals surface area contributed by atoms with Gasteiger partial charge in [0.15, 0.2) is 0 Å². The maximum Gasteiger partial charge on any atom is 0.303 e. The van der Waals surface area contributed by atoms with Gasteiger partial charge in [-0.15, -0.1) is 0 Å². The first-order valence-corrected chi connectivity index (χ1v) is 9.54. The topological polar surface area (TPSA) is 49.8 Å². The zero-order valence-electron chi connectivity index (χ0n) is 16.9. The summed E-state index contributed by atoms with van der Waals surface area (Å²) in [5, 5.41) is 8.70. The van der Waals surface area contributed by atoms with Gasteiger partial charge in [0, 0.05) is 13.0 Å². The lowest BCUT2D eigenvalue weighted by Crippen LogP contribution is -2.19. The smallest absolute Gasteiger partial charge is 0.303 e. The van der Waals surface area contributed by atoms with Crippen molar-refractivity contribution in [2.24, 2.45) is 0 Å². The van der Waals surface area contributed by atoms with Crippen LogP contribution in [0.15, 0.2) is 36.4 Å². The predicted octanol–water partition coefficient (Wildman–Crippen LogP) is 4.88. The third kappa shape index (κ3) is 7.06. The van der Waals surface area contributed by atoms with E-state index in [4.69, 9.17) is 9.84 Å². The molecule has 0 aliphatic rings. The summed E-state index contributed by atoms with van der Waals surface area (Å²) in [6, 6.07) is 12.8. The van der Waals surface area contributed by atoms with E-state index in [0.29, 0.717) is 6.61 Å². The standard InChI is InChI=1S/C23H31NO3/c1-17-8-10-20(11-9-17)16-27-23-18(2)13-21(14-19(23)3)15-24(4)12-6-5-7-22(25)26/h8-11,13-14H,5-7,12,15-16H2,1-4H3,(H,25,26). The summed E-state index contributed by atoms with van der Waals surface area (Å²) < 4.78 is 6.09. The Morgan fingerprint density at radius 3 is 2.22 bits per heavy atom. The second kappa shape index (κ2) is 10.1. The van der Waals surface area contributed by atoms with Crippen molar-refractivity contribution in [1.29, 1.82) is 0 Å². The molecule has 0 unspecified atom stereocenters. The number of carboxylic acids is 1. The molecule has 1 N–H and O–H groups in total. The zero-order valence-corrected chi connectivity index (χ0v) is 16.9. The molecule has 0 aliphatic heterocycles. The van der Waals surface area contributed by atoms with Crippen molar-refractivity contribution in [2.45, 2.75) is 53.2 Å². The Hall–Kier alpha value is -2.33. The lowest BCUT2D eigenvalue weighted by atomic mass is 10.0. The maximum absolute atomic E-state index is 10.6. The Labute approximate surface area is 162 Å². The fourth-order valence-corrected chi connectivity index (χ4v) is 3.25. The van der Waals surface area contributed by atoms with Crippen LogP contribution in [0.2, 0.25) is 0 Å². The SMILES string of the molecule is Cc1ccc(COc2c(C)cc(CN(C)CCCCC(=O)O)cc2C)cc1. The van der Waals surface area contributed by atoms with Gasteiger partial charge in [-0.3, -0.25) is 4.79 Å². The van der Waals surface area contributed by atoms with Crippen LogP contribution < -0.4 is 4.74 Å². The van der Waals surface area contributed by atoms with E-state index in [-0.39, 0.29) is 6.42 Å². The molecule has 2 aromatic rings. The van der Waals surface area contributed by atoms with E-state index in [9.17, 15) is 4.79 Å². The molecule has 0 aliphatic carbocycles. The highest BCUT2D eigenvalue weighted by Gasteiger charge is 2.09. The van der Waals surface area contributed by atoms with Crippen molar-refractivity contribution in [3.8, 4) is 5.75 Å². The summed E-state index contributed by atoms with van der Waals surface area (Å²) in [4.78, 5) is 12.8. The molecule has 0 radical (unpaired) electrons. The van der Waals surface area contributed by atoms with E-state index in [0.717, 1.165) is 42.8 Å². The highest BCUT2D eigenvalue weighted by atomic mass is 16.5. The van der Waals surface area contributed by atoms with Crippen LogP contribution >= 0.6 is 0 Å². The van der Waals surface area contributed by atoms with Gasteiger partial charge in [0.2, 0.25) is 0 Å². The molecule has 146 valence electrons. The van der Waals surface area contributed by atoms with Gasteiger partial charge in [0.05, 0.1) is 0 Å². The molecule has 0 aromatic heterocycles. The summed E-state index contributed by atoms with van der Waals surface area (Å²) in [7, 11) is 2.08. The van der Waals surface area contributed by atoms with Gasteiger partial charge in [0.1, 0.15) is 12.4 Å². The van der Waals surface area contributed by atoms with E-state index >= 15 is 0 Å². The van der Waals surface area contributed by atoms with Crippen LogP contribution in [0.5, 0.6) is 5.75 Å². The van der Waals surface area contributed by atoms with Crippen LogP contribution in [0, 0.1) is 20.8 Å². The minimum atomic E-state index is -0.717. The van der Waals surface area contributed by atoms with E-state index < -0.39 is 5.97 Å². The molecular formula is C23H31NO3. The highest BCUT2D eigenvalue weighted by Crippen LogP contribution is 2.26. The first-order chi connectivity index (χ1) is 12.8. The molecule has 0 saturated heterocycles. The fraction of sp³-hybridized carbons (Fsp3) is 0.435. The van der Waals surface area contributed by atoms with Gasteiger partial charge in [-0.25, -0.2) is 0 Å². The number of carbonyl (C=O) groups is 1. The van der Waals surface area contributed by atoms with Crippen molar-refractivity contribution in [3.05, 3.63) is 64.2 Å². The van der Waals surface area contributed by atoms with Crippen LogP contribution in [0.25, 0.3) is 0 Å². The molecule has 2 rings (SSSR count). The van der Waals surface area contributed by atoms with Gasteiger partial charge >= 0.3 is 5.97 Å². The Kier molecular flexibility index (Phi) is 7.86. The number of nitrogens with zero attached hydrogens (tertiary/aromatic N) is 1. The Balaban J connectivity index is 1.91. The van der Waals surface area contributed by atoms with Gasteiger partial charge in [0.25, 0.3) is 0 Å². The van der Waals surface area contributed by atoms with Crippen LogP contribution in [0.1, 0.15) is 47.1 Å². The summed E-state index contributed by atoms with van der Waals surface area (Å²) >= 11 is 0. The van der Waals surface area contributed by atoms with E-state index in [1.165, 1.54) is 16.7 Å². The van der Waals surface area contributed by atoms with E-state index in [1.807, 2.05) is 0 Å². The molecule has 4 nitrogen and oxygen atoms in total. The van der Waals surface area contributed by atoms with Crippen molar-refractivity contribution in [1.82, 2.24) is 4.90 Å². The number of carboxylic acid groups (broad SMARTS) is 1.